The van der Waals surface area contributed by atoms with Gasteiger partial charge in [-0.2, -0.15) is 24.5 Å². The molecule has 2 aromatic rings. The maximum atomic E-state index is 14.0. The van der Waals surface area contributed by atoms with E-state index in [9.17, 15) is 17.6 Å². The van der Waals surface area contributed by atoms with Crippen molar-refractivity contribution in [2.75, 3.05) is 6.54 Å². The van der Waals surface area contributed by atoms with Crippen LogP contribution >= 0.6 is 11.3 Å². The molecule has 0 saturated heterocycles. The number of thiophene rings is 1. The second-order valence-electron chi connectivity index (χ2n) is 4.68. The van der Waals surface area contributed by atoms with Crippen molar-refractivity contribution in [2.24, 2.45) is 0 Å². The summed E-state index contributed by atoms with van der Waals surface area (Å²) in [5.41, 5.74) is -0.0409. The summed E-state index contributed by atoms with van der Waals surface area (Å²) in [7, 11) is 0. The molecule has 21 heavy (non-hydrogen) atoms. The Balaban J connectivity index is 2.44. The number of hydrogen-bond donors (Lipinski definition) is 1. The molecule has 0 spiro atoms. The maximum Gasteiger partial charge on any atom is 0.416 e. The molecule has 1 atom stereocenters. The molecule has 2 rings (SSSR count). The summed E-state index contributed by atoms with van der Waals surface area (Å²) in [6.07, 6.45) is -3.67. The van der Waals surface area contributed by atoms with Gasteiger partial charge >= 0.3 is 6.18 Å². The largest absolute Gasteiger partial charge is 0.416 e. The van der Waals surface area contributed by atoms with Crippen LogP contribution in [0.15, 0.2) is 35.0 Å². The fraction of sp³-hybridized carbons (Fsp3) is 0.333. The lowest BCUT2D eigenvalue weighted by Gasteiger charge is -2.20. The summed E-state index contributed by atoms with van der Waals surface area (Å²) in [5.74, 6) is -0.636. The Morgan fingerprint density at radius 1 is 1.24 bits per heavy atom. The first-order chi connectivity index (χ1) is 9.93. The standard InChI is InChI=1S/C15H15F4NS/c1-2-6-20-14(10-5-7-21-9-10)12-8-11(15(17,18)19)3-4-13(12)16/h3-5,7-9,14,20H,2,6H2,1H3. The van der Waals surface area contributed by atoms with Crippen molar-refractivity contribution in [2.45, 2.75) is 25.6 Å². The van der Waals surface area contributed by atoms with E-state index in [1.807, 2.05) is 17.7 Å². The molecule has 1 nitrogen and oxygen atoms in total. The van der Waals surface area contributed by atoms with Crippen molar-refractivity contribution in [1.29, 1.82) is 0 Å². The van der Waals surface area contributed by atoms with Gasteiger partial charge in [0, 0.05) is 5.56 Å². The van der Waals surface area contributed by atoms with Gasteiger partial charge < -0.3 is 5.32 Å². The molecule has 1 aromatic heterocycles. The van der Waals surface area contributed by atoms with Gasteiger partial charge in [-0.25, -0.2) is 4.39 Å². The Morgan fingerprint density at radius 2 is 2.00 bits per heavy atom. The van der Waals surface area contributed by atoms with E-state index in [2.05, 4.69) is 5.32 Å². The zero-order chi connectivity index (χ0) is 15.5. The summed E-state index contributed by atoms with van der Waals surface area (Å²) >= 11 is 1.43. The molecule has 0 aliphatic carbocycles. The Kier molecular flexibility index (Phi) is 5.00. The van der Waals surface area contributed by atoms with Gasteiger partial charge in [-0.1, -0.05) is 6.92 Å². The van der Waals surface area contributed by atoms with Crippen LogP contribution in [-0.2, 0) is 6.18 Å². The topological polar surface area (TPSA) is 12.0 Å². The van der Waals surface area contributed by atoms with Gasteiger partial charge in [0.25, 0.3) is 0 Å². The van der Waals surface area contributed by atoms with Crippen molar-refractivity contribution in [3.05, 3.63) is 57.5 Å². The number of alkyl halides is 3. The predicted octanol–water partition coefficient (Wildman–Crippen LogP) is 5.00. The average molecular weight is 317 g/mol. The van der Waals surface area contributed by atoms with Crippen molar-refractivity contribution in [1.82, 2.24) is 5.32 Å². The Hall–Kier alpha value is -1.40. The van der Waals surface area contributed by atoms with Crippen molar-refractivity contribution >= 4 is 11.3 Å². The molecule has 1 unspecified atom stereocenters. The predicted molar refractivity (Wildman–Crippen MR) is 75.9 cm³/mol. The van der Waals surface area contributed by atoms with E-state index in [1.165, 1.54) is 11.3 Å². The van der Waals surface area contributed by atoms with Crippen LogP contribution in [0.1, 0.15) is 36.1 Å². The Morgan fingerprint density at radius 3 is 2.57 bits per heavy atom. The van der Waals surface area contributed by atoms with E-state index in [4.69, 9.17) is 0 Å². The summed E-state index contributed by atoms with van der Waals surface area (Å²) in [6, 6.07) is 3.76. The second-order valence-corrected chi connectivity index (χ2v) is 5.46. The minimum atomic E-state index is -4.48. The number of halogens is 4. The first-order valence-electron chi connectivity index (χ1n) is 6.55. The molecule has 0 bridgehead atoms. The van der Waals surface area contributed by atoms with E-state index >= 15 is 0 Å². The molecule has 0 radical (unpaired) electrons. The smallest absolute Gasteiger partial charge is 0.306 e. The summed E-state index contributed by atoms with van der Waals surface area (Å²) in [4.78, 5) is 0. The van der Waals surface area contributed by atoms with Crippen LogP contribution in [0.2, 0.25) is 0 Å². The molecular formula is C15H15F4NS. The van der Waals surface area contributed by atoms with E-state index in [0.29, 0.717) is 6.54 Å². The third-order valence-corrected chi connectivity index (χ3v) is 3.81. The van der Waals surface area contributed by atoms with Crippen LogP contribution in [0.3, 0.4) is 0 Å². The summed E-state index contributed by atoms with van der Waals surface area (Å²) < 4.78 is 52.5. The van der Waals surface area contributed by atoms with E-state index in [-0.39, 0.29) is 5.56 Å². The van der Waals surface area contributed by atoms with Gasteiger partial charge in [-0.05, 0) is 53.6 Å². The molecule has 6 heteroatoms. The highest BCUT2D eigenvalue weighted by atomic mass is 32.1. The van der Waals surface area contributed by atoms with Crippen LogP contribution in [0, 0.1) is 5.82 Å². The number of hydrogen-bond acceptors (Lipinski definition) is 2. The first-order valence-corrected chi connectivity index (χ1v) is 7.50. The summed E-state index contributed by atoms with van der Waals surface area (Å²) in [6.45, 7) is 2.54. The fourth-order valence-corrected chi connectivity index (χ4v) is 2.76. The van der Waals surface area contributed by atoms with Crippen molar-refractivity contribution in [3.8, 4) is 0 Å². The normalized spacial score (nSPS) is 13.4. The quantitative estimate of drug-likeness (QED) is 0.766. The zero-order valence-electron chi connectivity index (χ0n) is 11.4. The molecule has 0 aliphatic heterocycles. The van der Waals surface area contributed by atoms with Crippen LogP contribution in [0.25, 0.3) is 0 Å². The van der Waals surface area contributed by atoms with Crippen molar-refractivity contribution in [3.63, 3.8) is 0 Å². The van der Waals surface area contributed by atoms with Gasteiger partial charge in [0.15, 0.2) is 0 Å². The molecule has 1 heterocycles. The minimum absolute atomic E-state index is 0.0247. The molecule has 1 aromatic carbocycles. The van der Waals surface area contributed by atoms with Gasteiger partial charge in [0.1, 0.15) is 5.82 Å². The molecule has 0 aliphatic rings. The van der Waals surface area contributed by atoms with Crippen LogP contribution in [0.4, 0.5) is 17.6 Å². The third kappa shape index (κ3) is 3.83. The fourth-order valence-electron chi connectivity index (χ4n) is 2.08. The molecule has 1 N–H and O–H groups in total. The molecular weight excluding hydrogens is 302 g/mol. The molecule has 0 amide bonds. The highest BCUT2D eigenvalue weighted by Gasteiger charge is 2.32. The van der Waals surface area contributed by atoms with Crippen LogP contribution < -0.4 is 5.32 Å². The molecule has 114 valence electrons. The SMILES string of the molecule is CCCNC(c1ccsc1)c1cc(C(F)(F)F)ccc1F. The number of rotatable bonds is 5. The second kappa shape index (κ2) is 6.58. The van der Waals surface area contributed by atoms with E-state index in [1.54, 1.807) is 6.07 Å². The Bertz CT molecular complexity index is 578. The minimum Gasteiger partial charge on any atom is -0.306 e. The van der Waals surface area contributed by atoms with Gasteiger partial charge in [0.2, 0.25) is 0 Å². The monoisotopic (exact) mass is 317 g/mol. The van der Waals surface area contributed by atoms with Crippen LogP contribution in [0.5, 0.6) is 0 Å². The van der Waals surface area contributed by atoms with Gasteiger partial charge in [0.05, 0.1) is 11.6 Å². The molecule has 0 fully saturated rings. The number of nitrogens with one attached hydrogen (secondary N) is 1. The van der Waals surface area contributed by atoms with Crippen molar-refractivity contribution < 1.29 is 17.6 Å². The number of benzene rings is 1. The van der Waals surface area contributed by atoms with Crippen LogP contribution in [-0.4, -0.2) is 6.54 Å². The average Bonchev–Trinajstić information content (AvgIpc) is 2.93. The zero-order valence-corrected chi connectivity index (χ0v) is 12.2. The van der Waals surface area contributed by atoms with E-state index < -0.39 is 23.6 Å². The van der Waals surface area contributed by atoms with E-state index in [0.717, 1.165) is 30.2 Å². The van der Waals surface area contributed by atoms with Gasteiger partial charge in [-0.3, -0.25) is 0 Å². The lowest BCUT2D eigenvalue weighted by Crippen LogP contribution is -2.24. The third-order valence-electron chi connectivity index (χ3n) is 3.11. The lowest BCUT2D eigenvalue weighted by atomic mass is 9.98. The highest BCUT2D eigenvalue weighted by molar-refractivity contribution is 7.08. The maximum absolute atomic E-state index is 14.0. The van der Waals surface area contributed by atoms with Gasteiger partial charge in [-0.15, -0.1) is 0 Å². The Labute approximate surface area is 124 Å². The summed E-state index contributed by atoms with van der Waals surface area (Å²) in [5, 5.41) is 6.74. The first kappa shape index (κ1) is 16.0. The molecule has 0 saturated carbocycles. The highest BCUT2D eigenvalue weighted by Crippen LogP contribution is 2.33. The lowest BCUT2D eigenvalue weighted by molar-refractivity contribution is -0.137.